The van der Waals surface area contributed by atoms with Crippen LogP contribution in [0, 0.1) is 0 Å². The minimum atomic E-state index is -0.609. The van der Waals surface area contributed by atoms with Gasteiger partial charge in [-0.2, -0.15) is 0 Å². The fourth-order valence-electron chi connectivity index (χ4n) is 8.91. The van der Waals surface area contributed by atoms with Gasteiger partial charge < -0.3 is 13.6 Å². The van der Waals surface area contributed by atoms with E-state index in [1.165, 1.54) is 60.3 Å². The Balaban J connectivity index is 1.22. The topological polar surface area (TPSA) is 23.0 Å². The van der Waals surface area contributed by atoms with Gasteiger partial charge in [0.1, 0.15) is 5.76 Å². The van der Waals surface area contributed by atoms with Gasteiger partial charge in [0.15, 0.2) is 0 Å². The molecule has 0 N–H and O–H groups in total. The first kappa shape index (κ1) is 27.4. The van der Waals surface area contributed by atoms with Crippen LogP contribution in [0.25, 0.3) is 66.3 Å². The number of hydrogen-bond acceptors (Lipinski definition) is 1. The third-order valence-electron chi connectivity index (χ3n) is 10.9. The molecule has 3 aromatic heterocycles. The molecule has 10 aromatic rings. The van der Waals surface area contributed by atoms with Gasteiger partial charge in [-0.1, -0.05) is 121 Å². The number of benzene rings is 7. The molecule has 50 heavy (non-hydrogen) atoms. The van der Waals surface area contributed by atoms with Crippen molar-refractivity contribution in [3.63, 3.8) is 0 Å². The molecule has 0 radical (unpaired) electrons. The van der Waals surface area contributed by atoms with E-state index >= 15 is 0 Å². The fourth-order valence-corrected chi connectivity index (χ4v) is 8.91. The van der Waals surface area contributed by atoms with Gasteiger partial charge in [-0.25, -0.2) is 0 Å². The van der Waals surface area contributed by atoms with Gasteiger partial charge in [0.25, 0.3) is 0 Å². The molecule has 1 aliphatic rings. The Morgan fingerprint density at radius 1 is 0.380 bits per heavy atom. The van der Waals surface area contributed by atoms with Crippen LogP contribution in [0.5, 0.6) is 0 Å². The summed E-state index contributed by atoms with van der Waals surface area (Å²) in [5.74, 6) is 0.935. The normalized spacial score (nSPS) is 13.4. The summed E-state index contributed by atoms with van der Waals surface area (Å²) in [7, 11) is 0. The Morgan fingerprint density at radius 2 is 0.820 bits per heavy atom. The Bertz CT molecular complexity index is 2690. The maximum Gasteiger partial charge on any atom is 0.138 e. The van der Waals surface area contributed by atoms with Crippen molar-refractivity contribution >= 4 is 43.6 Å². The molecular weight excluding hydrogens is 609 g/mol. The molecule has 0 atom stereocenters. The fraction of sp³-hybridized carbons (Fsp3) is 0.0213. The zero-order valence-electron chi connectivity index (χ0n) is 27.1. The van der Waals surface area contributed by atoms with Crippen LogP contribution in [0.4, 0.5) is 0 Å². The summed E-state index contributed by atoms with van der Waals surface area (Å²) < 4.78 is 11.1. The first-order chi connectivity index (χ1) is 24.8. The van der Waals surface area contributed by atoms with Gasteiger partial charge in [-0.3, -0.25) is 0 Å². The number of furan rings is 1. The van der Waals surface area contributed by atoms with E-state index in [0.29, 0.717) is 0 Å². The second kappa shape index (κ2) is 10.2. The van der Waals surface area contributed by atoms with Crippen LogP contribution in [-0.4, -0.2) is 9.13 Å². The quantitative estimate of drug-likeness (QED) is 0.188. The zero-order chi connectivity index (χ0) is 32.8. The Morgan fingerprint density at radius 3 is 1.32 bits per heavy atom. The predicted octanol–water partition coefficient (Wildman–Crippen LogP) is 11.8. The molecule has 0 bridgehead atoms. The van der Waals surface area contributed by atoms with Crippen molar-refractivity contribution in [1.29, 1.82) is 0 Å². The second-order valence-electron chi connectivity index (χ2n) is 13.3. The van der Waals surface area contributed by atoms with Crippen LogP contribution in [-0.2, 0) is 5.41 Å². The van der Waals surface area contributed by atoms with E-state index in [-0.39, 0.29) is 0 Å². The van der Waals surface area contributed by atoms with Crippen molar-refractivity contribution in [2.24, 2.45) is 0 Å². The monoisotopic (exact) mass is 638 g/mol. The minimum absolute atomic E-state index is 0.609. The number of fused-ring (bicyclic) bond motifs is 9. The highest BCUT2D eigenvalue weighted by molar-refractivity contribution is 6.10. The molecule has 3 nitrogen and oxygen atoms in total. The average molecular weight is 639 g/mol. The molecule has 3 heterocycles. The van der Waals surface area contributed by atoms with E-state index in [2.05, 4.69) is 185 Å². The lowest BCUT2D eigenvalue weighted by atomic mass is 9.68. The van der Waals surface area contributed by atoms with Gasteiger partial charge in [-0.15, -0.1) is 0 Å². The van der Waals surface area contributed by atoms with Crippen LogP contribution in [0.2, 0.25) is 0 Å². The molecule has 234 valence electrons. The van der Waals surface area contributed by atoms with Crippen LogP contribution in [0.1, 0.15) is 22.3 Å². The van der Waals surface area contributed by atoms with E-state index < -0.39 is 5.41 Å². The predicted molar refractivity (Wildman–Crippen MR) is 205 cm³/mol. The smallest absolute Gasteiger partial charge is 0.138 e. The third kappa shape index (κ3) is 3.53. The maximum atomic E-state index is 6.33. The minimum Gasteiger partial charge on any atom is -0.464 e. The molecule has 0 amide bonds. The Kier molecular flexibility index (Phi) is 5.59. The maximum absolute atomic E-state index is 6.33. The van der Waals surface area contributed by atoms with E-state index in [9.17, 15) is 0 Å². The standard InChI is InChI=1S/C47H30N2O/c1-6-22-40-39(21-1)46-41(27-28-50-46)47(40,31-13-11-15-33(29-31)48-42-23-7-2-17-35(42)36-18-3-8-24-43(36)48)32-14-12-16-34(30-32)49-44-25-9-4-19-37(44)38-20-5-10-26-45(38)49/h1-30H. The van der Waals surface area contributed by atoms with Crippen molar-refractivity contribution in [3.05, 3.63) is 204 Å². The first-order valence-electron chi connectivity index (χ1n) is 17.2. The second-order valence-corrected chi connectivity index (χ2v) is 13.3. The summed E-state index contributed by atoms with van der Waals surface area (Å²) in [5, 5.41) is 5.02. The summed E-state index contributed by atoms with van der Waals surface area (Å²) in [4.78, 5) is 0. The Hall–Kier alpha value is -6.58. The zero-order valence-corrected chi connectivity index (χ0v) is 27.1. The van der Waals surface area contributed by atoms with Crippen molar-refractivity contribution in [1.82, 2.24) is 9.13 Å². The highest BCUT2D eigenvalue weighted by Gasteiger charge is 2.48. The molecule has 0 saturated heterocycles. The number of hydrogen-bond donors (Lipinski definition) is 0. The van der Waals surface area contributed by atoms with Crippen molar-refractivity contribution < 1.29 is 4.42 Å². The van der Waals surface area contributed by atoms with Crippen LogP contribution in [0.15, 0.2) is 187 Å². The number of nitrogens with zero attached hydrogens (tertiary/aromatic N) is 2. The molecule has 0 aliphatic heterocycles. The summed E-state index contributed by atoms with van der Waals surface area (Å²) in [6.07, 6.45) is 1.85. The molecule has 0 spiro atoms. The van der Waals surface area contributed by atoms with Gasteiger partial charge in [0.05, 0.1) is 33.7 Å². The van der Waals surface area contributed by atoms with Gasteiger partial charge in [0.2, 0.25) is 0 Å². The molecule has 1 aliphatic carbocycles. The third-order valence-corrected chi connectivity index (χ3v) is 10.9. The van der Waals surface area contributed by atoms with E-state index in [0.717, 1.165) is 28.3 Å². The summed E-state index contributed by atoms with van der Waals surface area (Å²) in [6, 6.07) is 64.1. The summed E-state index contributed by atoms with van der Waals surface area (Å²) >= 11 is 0. The average Bonchev–Trinajstić information content (AvgIpc) is 3.94. The van der Waals surface area contributed by atoms with E-state index in [4.69, 9.17) is 4.42 Å². The molecule has 0 saturated carbocycles. The Labute approximate surface area is 288 Å². The molecule has 0 fully saturated rings. The van der Waals surface area contributed by atoms with Crippen molar-refractivity contribution in [2.75, 3.05) is 0 Å². The molecule has 0 unspecified atom stereocenters. The lowest BCUT2D eigenvalue weighted by Crippen LogP contribution is -2.28. The van der Waals surface area contributed by atoms with Gasteiger partial charge >= 0.3 is 0 Å². The SMILES string of the molecule is c1cc(-n2c3ccccc3c3ccccc32)cc(C2(c3cccc(-n4c5ccccc5c5ccccc54)c3)c3ccccc3-c3occc32)c1. The number of rotatable bonds is 4. The van der Waals surface area contributed by atoms with Crippen molar-refractivity contribution in [2.45, 2.75) is 5.41 Å². The molecular formula is C47H30N2O. The van der Waals surface area contributed by atoms with Crippen molar-refractivity contribution in [3.8, 4) is 22.7 Å². The first-order valence-corrected chi connectivity index (χ1v) is 17.2. The largest absolute Gasteiger partial charge is 0.464 e. The highest BCUT2D eigenvalue weighted by Crippen LogP contribution is 2.57. The van der Waals surface area contributed by atoms with Crippen LogP contribution < -0.4 is 0 Å². The van der Waals surface area contributed by atoms with Gasteiger partial charge in [-0.05, 0) is 71.3 Å². The van der Waals surface area contributed by atoms with Gasteiger partial charge in [0, 0.05) is 44.0 Å². The molecule has 11 rings (SSSR count). The number of aromatic nitrogens is 2. The molecule has 3 heteroatoms. The van der Waals surface area contributed by atoms with Crippen LogP contribution in [0.3, 0.4) is 0 Å². The van der Waals surface area contributed by atoms with Crippen LogP contribution >= 0.6 is 0 Å². The van der Waals surface area contributed by atoms with E-state index in [1.54, 1.807) is 0 Å². The lowest BCUT2D eigenvalue weighted by Gasteiger charge is -2.33. The highest BCUT2D eigenvalue weighted by atomic mass is 16.3. The van der Waals surface area contributed by atoms with E-state index in [1.807, 2.05) is 6.26 Å². The molecule has 7 aromatic carbocycles. The summed E-state index contributed by atoms with van der Waals surface area (Å²) in [5.41, 5.74) is 12.4. The number of para-hydroxylation sites is 4. The summed E-state index contributed by atoms with van der Waals surface area (Å²) in [6.45, 7) is 0. The lowest BCUT2D eigenvalue weighted by molar-refractivity contribution is 0.581.